The van der Waals surface area contributed by atoms with Gasteiger partial charge in [-0.15, -0.1) is 0 Å². The van der Waals surface area contributed by atoms with Gasteiger partial charge in [0, 0.05) is 18.9 Å². The van der Waals surface area contributed by atoms with Crippen molar-refractivity contribution < 1.29 is 0 Å². The van der Waals surface area contributed by atoms with E-state index in [0.29, 0.717) is 6.54 Å². The Balaban J connectivity index is 2.39. The Morgan fingerprint density at radius 3 is 2.93 bits per heavy atom. The van der Waals surface area contributed by atoms with E-state index in [9.17, 15) is 0 Å². The highest BCUT2D eigenvalue weighted by molar-refractivity contribution is 5.30. The number of rotatable bonds is 2. The van der Waals surface area contributed by atoms with Crippen LogP contribution in [0.15, 0.2) is 30.7 Å². The largest absolute Gasteiger partial charge is 0.325 e. The Morgan fingerprint density at radius 2 is 2.29 bits per heavy atom. The Labute approximate surface area is 82.4 Å². The van der Waals surface area contributed by atoms with Gasteiger partial charge in [-0.05, 0) is 24.6 Å². The molecule has 14 heavy (non-hydrogen) atoms. The predicted molar refractivity (Wildman–Crippen MR) is 54.0 cm³/mol. The van der Waals surface area contributed by atoms with Gasteiger partial charge >= 0.3 is 0 Å². The van der Waals surface area contributed by atoms with Crippen LogP contribution in [-0.2, 0) is 6.54 Å². The molecule has 4 heteroatoms. The van der Waals surface area contributed by atoms with Gasteiger partial charge < -0.3 is 5.73 Å². The Bertz CT molecular complexity index is 433. The monoisotopic (exact) mass is 188 g/mol. The number of aromatic nitrogens is 3. The maximum absolute atomic E-state index is 5.48. The van der Waals surface area contributed by atoms with E-state index >= 15 is 0 Å². The molecule has 0 bridgehead atoms. The topological polar surface area (TPSA) is 56.7 Å². The van der Waals surface area contributed by atoms with Crippen LogP contribution in [0, 0.1) is 6.92 Å². The van der Waals surface area contributed by atoms with Gasteiger partial charge in [-0.1, -0.05) is 0 Å². The minimum Gasteiger partial charge on any atom is -0.325 e. The van der Waals surface area contributed by atoms with Crippen LogP contribution < -0.4 is 5.73 Å². The third-order valence-electron chi connectivity index (χ3n) is 1.98. The van der Waals surface area contributed by atoms with Gasteiger partial charge in [0.15, 0.2) is 0 Å². The summed E-state index contributed by atoms with van der Waals surface area (Å²) in [6.07, 6.45) is 5.48. The fourth-order valence-electron chi connectivity index (χ4n) is 1.28. The van der Waals surface area contributed by atoms with Crippen molar-refractivity contribution in [2.75, 3.05) is 0 Å². The summed E-state index contributed by atoms with van der Waals surface area (Å²) < 4.78 is 1.78. The van der Waals surface area contributed by atoms with E-state index < -0.39 is 0 Å². The SMILES string of the molecule is Cc1cncc(-n2ccc(CN)n2)c1. The van der Waals surface area contributed by atoms with Gasteiger partial charge in [0.2, 0.25) is 0 Å². The molecule has 2 aromatic heterocycles. The number of nitrogens with zero attached hydrogens (tertiary/aromatic N) is 3. The van der Waals surface area contributed by atoms with Gasteiger partial charge in [0.1, 0.15) is 0 Å². The number of pyridine rings is 1. The zero-order chi connectivity index (χ0) is 9.97. The van der Waals surface area contributed by atoms with Crippen LogP contribution in [0.25, 0.3) is 5.69 Å². The quantitative estimate of drug-likeness (QED) is 0.766. The first-order valence-corrected chi connectivity index (χ1v) is 4.46. The molecule has 0 aliphatic rings. The lowest BCUT2D eigenvalue weighted by Crippen LogP contribution is -2.00. The van der Waals surface area contributed by atoms with E-state index in [4.69, 9.17) is 5.73 Å². The Hall–Kier alpha value is -1.68. The normalized spacial score (nSPS) is 10.4. The highest BCUT2D eigenvalue weighted by Crippen LogP contribution is 2.07. The second-order valence-electron chi connectivity index (χ2n) is 3.18. The third-order valence-corrected chi connectivity index (χ3v) is 1.98. The van der Waals surface area contributed by atoms with E-state index in [1.54, 1.807) is 10.9 Å². The Morgan fingerprint density at radius 1 is 1.43 bits per heavy atom. The van der Waals surface area contributed by atoms with Crippen LogP contribution in [0.3, 0.4) is 0 Å². The van der Waals surface area contributed by atoms with Gasteiger partial charge in [0.05, 0.1) is 17.6 Å². The molecular weight excluding hydrogens is 176 g/mol. The predicted octanol–water partition coefficient (Wildman–Crippen LogP) is 1.03. The van der Waals surface area contributed by atoms with E-state index in [1.165, 1.54) is 0 Å². The molecular formula is C10H12N4. The van der Waals surface area contributed by atoms with Gasteiger partial charge in [0.25, 0.3) is 0 Å². The summed E-state index contributed by atoms with van der Waals surface area (Å²) in [5.74, 6) is 0. The van der Waals surface area contributed by atoms with E-state index in [0.717, 1.165) is 16.9 Å². The smallest absolute Gasteiger partial charge is 0.0831 e. The van der Waals surface area contributed by atoms with Gasteiger partial charge in [-0.3, -0.25) is 4.98 Å². The molecule has 4 nitrogen and oxygen atoms in total. The molecule has 0 aromatic carbocycles. The lowest BCUT2D eigenvalue weighted by Gasteiger charge is -2.00. The summed E-state index contributed by atoms with van der Waals surface area (Å²) in [5.41, 5.74) is 8.44. The third kappa shape index (κ3) is 1.65. The van der Waals surface area contributed by atoms with Crippen molar-refractivity contribution in [1.29, 1.82) is 0 Å². The minimum absolute atomic E-state index is 0.465. The maximum atomic E-state index is 5.48. The molecule has 0 fully saturated rings. The van der Waals surface area contributed by atoms with Crippen molar-refractivity contribution in [3.05, 3.63) is 42.0 Å². The summed E-state index contributed by atoms with van der Waals surface area (Å²) in [5, 5.41) is 4.29. The summed E-state index contributed by atoms with van der Waals surface area (Å²) in [6.45, 7) is 2.47. The first-order chi connectivity index (χ1) is 6.79. The van der Waals surface area contributed by atoms with Gasteiger partial charge in [-0.2, -0.15) is 5.10 Å². The lowest BCUT2D eigenvalue weighted by molar-refractivity contribution is 0.828. The molecule has 0 radical (unpaired) electrons. The average Bonchev–Trinajstić information content (AvgIpc) is 2.66. The summed E-state index contributed by atoms with van der Waals surface area (Å²) >= 11 is 0. The zero-order valence-electron chi connectivity index (χ0n) is 8.01. The van der Waals surface area contributed by atoms with Crippen molar-refractivity contribution in [3.8, 4) is 5.69 Å². The first-order valence-electron chi connectivity index (χ1n) is 4.46. The summed E-state index contributed by atoms with van der Waals surface area (Å²) in [4.78, 5) is 4.10. The van der Waals surface area contributed by atoms with Crippen molar-refractivity contribution in [1.82, 2.24) is 14.8 Å². The highest BCUT2D eigenvalue weighted by Gasteiger charge is 1.99. The van der Waals surface area contributed by atoms with Crippen LogP contribution in [0.5, 0.6) is 0 Å². The molecule has 2 N–H and O–H groups in total. The molecule has 2 rings (SSSR count). The fraction of sp³-hybridized carbons (Fsp3) is 0.200. The molecule has 0 saturated carbocycles. The highest BCUT2D eigenvalue weighted by atomic mass is 15.3. The molecule has 0 aliphatic carbocycles. The fourth-order valence-corrected chi connectivity index (χ4v) is 1.28. The molecule has 0 unspecified atom stereocenters. The summed E-state index contributed by atoms with van der Waals surface area (Å²) in [6, 6.07) is 3.93. The van der Waals surface area contributed by atoms with E-state index in [-0.39, 0.29) is 0 Å². The van der Waals surface area contributed by atoms with Crippen LogP contribution >= 0.6 is 0 Å². The van der Waals surface area contributed by atoms with E-state index in [2.05, 4.69) is 10.1 Å². The second kappa shape index (κ2) is 3.59. The van der Waals surface area contributed by atoms with E-state index in [1.807, 2.05) is 31.5 Å². The van der Waals surface area contributed by atoms with Crippen LogP contribution in [-0.4, -0.2) is 14.8 Å². The van der Waals surface area contributed by atoms with Crippen molar-refractivity contribution in [2.24, 2.45) is 5.73 Å². The van der Waals surface area contributed by atoms with Gasteiger partial charge in [-0.25, -0.2) is 4.68 Å². The zero-order valence-corrected chi connectivity index (χ0v) is 8.01. The molecule has 0 atom stereocenters. The number of aryl methyl sites for hydroxylation is 1. The van der Waals surface area contributed by atoms with Crippen LogP contribution in [0.4, 0.5) is 0 Å². The maximum Gasteiger partial charge on any atom is 0.0831 e. The number of hydrogen-bond acceptors (Lipinski definition) is 3. The van der Waals surface area contributed by atoms with Crippen LogP contribution in [0.1, 0.15) is 11.3 Å². The second-order valence-corrected chi connectivity index (χ2v) is 3.18. The molecule has 72 valence electrons. The lowest BCUT2D eigenvalue weighted by atomic mass is 10.3. The number of hydrogen-bond donors (Lipinski definition) is 1. The standard InChI is InChI=1S/C10H12N4/c1-8-4-10(7-12-6-8)14-3-2-9(5-11)13-14/h2-4,6-7H,5,11H2,1H3. The molecule has 0 spiro atoms. The molecule has 2 aromatic rings. The van der Waals surface area contributed by atoms with Crippen molar-refractivity contribution in [3.63, 3.8) is 0 Å². The first kappa shape index (κ1) is 8.90. The van der Waals surface area contributed by atoms with Crippen LogP contribution in [0.2, 0.25) is 0 Å². The van der Waals surface area contributed by atoms with Crippen molar-refractivity contribution in [2.45, 2.75) is 13.5 Å². The Kier molecular flexibility index (Phi) is 2.28. The minimum atomic E-state index is 0.465. The molecule has 0 amide bonds. The van der Waals surface area contributed by atoms with Crippen molar-refractivity contribution >= 4 is 0 Å². The molecule has 0 aliphatic heterocycles. The summed E-state index contributed by atoms with van der Waals surface area (Å²) in [7, 11) is 0. The number of nitrogens with two attached hydrogens (primary N) is 1. The molecule has 2 heterocycles. The molecule has 0 saturated heterocycles. The average molecular weight is 188 g/mol.